The molecule has 1 aliphatic rings. The average Bonchev–Trinajstić information content (AvgIpc) is 2.96. The second kappa shape index (κ2) is 7.65. The van der Waals surface area contributed by atoms with Gasteiger partial charge in [0.25, 0.3) is 0 Å². The minimum atomic E-state index is -2.36. The zero-order chi connectivity index (χ0) is 23.1. The van der Waals surface area contributed by atoms with Crippen molar-refractivity contribution in [3.05, 3.63) is 64.7 Å². The number of ketones is 2. The summed E-state index contributed by atoms with van der Waals surface area (Å²) in [5, 5.41) is 12.9. The molecule has 7 heteroatoms. The van der Waals surface area contributed by atoms with Crippen LogP contribution >= 0.6 is 0 Å². The summed E-state index contributed by atoms with van der Waals surface area (Å²) < 4.78 is 0. The molecule has 0 radical (unpaired) electrons. The van der Waals surface area contributed by atoms with Gasteiger partial charge >= 0.3 is 5.97 Å². The number of amides is 1. The highest BCUT2D eigenvalue weighted by Crippen LogP contribution is 2.46. The van der Waals surface area contributed by atoms with Crippen LogP contribution in [-0.2, 0) is 15.0 Å². The van der Waals surface area contributed by atoms with Crippen molar-refractivity contribution < 1.29 is 24.3 Å². The maximum Gasteiger partial charge on any atom is 0.317 e. The summed E-state index contributed by atoms with van der Waals surface area (Å²) in [5.41, 5.74) is 2.66. The molecule has 1 aliphatic carbocycles. The van der Waals surface area contributed by atoms with Gasteiger partial charge in [0.15, 0.2) is 11.3 Å². The van der Waals surface area contributed by atoms with Crippen LogP contribution in [0.5, 0.6) is 0 Å². The Hall–Kier alpha value is -3.48. The highest BCUT2D eigenvalue weighted by atomic mass is 16.4. The number of carbonyl (C=O) groups excluding carboxylic acids is 3. The standard InChI is InChI=1S/C24H26N2O5/c1-5-18(27)26-24(20(28)16-10-7-11-17(25)19(16)21(24)29)23(4,22(30)31)15-9-6-8-14(12-15)13(2)3/h6-13H,5,25H2,1-4H3,(H,26,27)(H,30,31). The van der Waals surface area contributed by atoms with Gasteiger partial charge in [-0.3, -0.25) is 19.2 Å². The maximum absolute atomic E-state index is 13.8. The Morgan fingerprint density at radius 3 is 2.32 bits per heavy atom. The number of fused-ring (bicyclic) bond motifs is 1. The van der Waals surface area contributed by atoms with Crippen LogP contribution in [0.25, 0.3) is 0 Å². The summed E-state index contributed by atoms with van der Waals surface area (Å²) in [7, 11) is 0. The number of benzene rings is 2. The molecule has 3 rings (SSSR count). The SMILES string of the molecule is CCC(=O)NC1(C(C)(C(=O)O)c2cccc(C(C)C)c2)C(=O)c2cccc(N)c2C1=O. The molecule has 31 heavy (non-hydrogen) atoms. The van der Waals surface area contributed by atoms with E-state index in [4.69, 9.17) is 5.73 Å². The van der Waals surface area contributed by atoms with E-state index < -0.39 is 34.4 Å². The molecule has 162 valence electrons. The van der Waals surface area contributed by atoms with Crippen molar-refractivity contribution in [2.24, 2.45) is 0 Å². The zero-order valence-corrected chi connectivity index (χ0v) is 18.0. The van der Waals surface area contributed by atoms with Crippen LogP contribution in [0.15, 0.2) is 42.5 Å². The second-order valence-electron chi connectivity index (χ2n) is 8.29. The van der Waals surface area contributed by atoms with Crippen molar-refractivity contribution in [3.8, 4) is 0 Å². The van der Waals surface area contributed by atoms with Crippen LogP contribution in [0, 0.1) is 0 Å². The maximum atomic E-state index is 13.8. The second-order valence-corrected chi connectivity index (χ2v) is 8.29. The Balaban J connectivity index is 2.39. The van der Waals surface area contributed by atoms with Gasteiger partial charge in [-0.2, -0.15) is 0 Å². The van der Waals surface area contributed by atoms with Gasteiger partial charge in [0.05, 0.1) is 5.56 Å². The van der Waals surface area contributed by atoms with E-state index in [9.17, 15) is 24.3 Å². The van der Waals surface area contributed by atoms with Crippen molar-refractivity contribution >= 4 is 29.1 Å². The fourth-order valence-corrected chi connectivity index (χ4v) is 4.20. The minimum absolute atomic E-state index is 0.00823. The summed E-state index contributed by atoms with van der Waals surface area (Å²) in [6, 6.07) is 11.2. The van der Waals surface area contributed by atoms with Gasteiger partial charge in [-0.1, -0.05) is 57.2 Å². The van der Waals surface area contributed by atoms with E-state index in [0.717, 1.165) is 5.56 Å². The largest absolute Gasteiger partial charge is 0.480 e. The number of carbonyl (C=O) groups is 4. The summed E-state index contributed by atoms with van der Waals surface area (Å²) >= 11 is 0. The molecular formula is C24H26N2O5. The van der Waals surface area contributed by atoms with Gasteiger partial charge in [0.2, 0.25) is 11.7 Å². The molecule has 0 fully saturated rings. The quantitative estimate of drug-likeness (QED) is 0.485. The summed E-state index contributed by atoms with van der Waals surface area (Å²) in [6.45, 7) is 6.77. The lowest BCUT2D eigenvalue weighted by Gasteiger charge is -2.41. The molecule has 4 N–H and O–H groups in total. The normalized spacial score (nSPS) is 19.8. The van der Waals surface area contributed by atoms with Crippen LogP contribution in [-0.4, -0.2) is 34.1 Å². The van der Waals surface area contributed by atoms with Crippen molar-refractivity contribution in [1.29, 1.82) is 0 Å². The molecule has 0 heterocycles. The van der Waals surface area contributed by atoms with Crippen molar-refractivity contribution in [3.63, 3.8) is 0 Å². The highest BCUT2D eigenvalue weighted by molar-refractivity contribution is 6.37. The molecule has 0 spiro atoms. The molecule has 1 amide bonds. The summed E-state index contributed by atoms with van der Waals surface area (Å²) in [6.07, 6.45) is -0.0319. The first-order chi connectivity index (χ1) is 14.5. The smallest absolute Gasteiger partial charge is 0.317 e. The molecular weight excluding hydrogens is 396 g/mol. The third-order valence-electron chi connectivity index (χ3n) is 6.21. The molecule has 2 aromatic rings. The molecule has 2 atom stereocenters. The van der Waals surface area contributed by atoms with E-state index in [2.05, 4.69) is 5.32 Å². The van der Waals surface area contributed by atoms with E-state index in [-0.39, 0.29) is 34.7 Å². The molecule has 0 saturated heterocycles. The fraction of sp³-hybridized carbons (Fsp3) is 0.333. The molecule has 0 bridgehead atoms. The predicted octanol–water partition coefficient (Wildman–Crippen LogP) is 3.08. The number of nitrogens with two attached hydrogens (primary N) is 1. The van der Waals surface area contributed by atoms with Crippen LogP contribution in [0.4, 0.5) is 5.69 Å². The number of hydrogen-bond acceptors (Lipinski definition) is 5. The first kappa shape index (κ1) is 22.2. The van der Waals surface area contributed by atoms with Crippen molar-refractivity contribution in [2.45, 2.75) is 51.0 Å². The first-order valence-corrected chi connectivity index (χ1v) is 10.1. The van der Waals surface area contributed by atoms with E-state index in [1.54, 1.807) is 25.1 Å². The number of rotatable bonds is 6. The van der Waals surface area contributed by atoms with Crippen LogP contribution < -0.4 is 11.1 Å². The number of anilines is 1. The van der Waals surface area contributed by atoms with Gasteiger partial charge in [0.1, 0.15) is 5.41 Å². The van der Waals surface area contributed by atoms with Gasteiger partial charge in [-0.25, -0.2) is 0 Å². The molecule has 2 aromatic carbocycles. The number of carboxylic acids is 1. The third kappa shape index (κ3) is 3.03. The molecule has 0 aromatic heterocycles. The lowest BCUT2D eigenvalue weighted by atomic mass is 9.63. The van der Waals surface area contributed by atoms with Crippen LogP contribution in [0.1, 0.15) is 71.9 Å². The Labute approximate surface area is 180 Å². The lowest BCUT2D eigenvalue weighted by Crippen LogP contribution is -2.70. The third-order valence-corrected chi connectivity index (χ3v) is 6.21. The van der Waals surface area contributed by atoms with E-state index in [1.165, 1.54) is 25.1 Å². The Morgan fingerprint density at radius 2 is 1.77 bits per heavy atom. The van der Waals surface area contributed by atoms with E-state index in [1.807, 2.05) is 19.9 Å². The predicted molar refractivity (Wildman–Crippen MR) is 116 cm³/mol. The lowest BCUT2D eigenvalue weighted by molar-refractivity contribution is -0.145. The number of carboxylic acid groups (broad SMARTS) is 1. The first-order valence-electron chi connectivity index (χ1n) is 10.1. The van der Waals surface area contributed by atoms with Gasteiger partial charge in [0, 0.05) is 17.7 Å². The number of nitrogens with one attached hydrogen (secondary N) is 1. The highest BCUT2D eigenvalue weighted by Gasteiger charge is 2.68. The number of nitrogen functional groups attached to an aromatic ring is 1. The number of hydrogen-bond donors (Lipinski definition) is 3. The zero-order valence-electron chi connectivity index (χ0n) is 18.0. The molecule has 0 aliphatic heterocycles. The summed E-state index contributed by atoms with van der Waals surface area (Å²) in [4.78, 5) is 52.8. The monoisotopic (exact) mass is 422 g/mol. The van der Waals surface area contributed by atoms with Crippen LogP contribution in [0.2, 0.25) is 0 Å². The Bertz CT molecular complexity index is 1110. The van der Waals surface area contributed by atoms with E-state index in [0.29, 0.717) is 0 Å². The van der Waals surface area contributed by atoms with Gasteiger partial charge < -0.3 is 16.2 Å². The molecule has 0 saturated carbocycles. The van der Waals surface area contributed by atoms with E-state index >= 15 is 0 Å². The molecule has 7 nitrogen and oxygen atoms in total. The molecule has 2 unspecified atom stereocenters. The van der Waals surface area contributed by atoms with Crippen molar-refractivity contribution in [2.75, 3.05) is 5.73 Å². The number of aliphatic carboxylic acids is 1. The van der Waals surface area contributed by atoms with Crippen LogP contribution in [0.3, 0.4) is 0 Å². The number of Topliss-reactive ketones (excluding diaryl/α,β-unsaturated/α-hetero) is 2. The Morgan fingerprint density at radius 1 is 1.13 bits per heavy atom. The Kier molecular flexibility index (Phi) is 5.48. The van der Waals surface area contributed by atoms with Gasteiger partial charge in [-0.15, -0.1) is 0 Å². The summed E-state index contributed by atoms with van der Waals surface area (Å²) in [5.74, 6) is -3.52. The minimum Gasteiger partial charge on any atom is -0.480 e. The van der Waals surface area contributed by atoms with Crippen molar-refractivity contribution in [1.82, 2.24) is 5.32 Å². The topological polar surface area (TPSA) is 127 Å². The van der Waals surface area contributed by atoms with Gasteiger partial charge in [-0.05, 0) is 30.0 Å². The fourth-order valence-electron chi connectivity index (χ4n) is 4.20. The average molecular weight is 422 g/mol.